The number of aromatic nitrogens is 1. The van der Waals surface area contributed by atoms with Crippen molar-refractivity contribution in [3.8, 4) is 11.3 Å². The van der Waals surface area contributed by atoms with E-state index in [-0.39, 0.29) is 6.61 Å². The zero-order valence-corrected chi connectivity index (χ0v) is 18.5. The highest BCUT2D eigenvalue weighted by molar-refractivity contribution is 5.68. The predicted octanol–water partition coefficient (Wildman–Crippen LogP) is 3.34. The number of methoxy groups -OCH3 is 1. The molecule has 7 nitrogen and oxygen atoms in total. The molecule has 1 aromatic carbocycles. The van der Waals surface area contributed by atoms with Crippen LogP contribution >= 0.6 is 0 Å². The summed E-state index contributed by atoms with van der Waals surface area (Å²) < 4.78 is 16.6. The molecule has 7 heteroatoms. The van der Waals surface area contributed by atoms with Crippen molar-refractivity contribution in [1.29, 1.82) is 0 Å². The van der Waals surface area contributed by atoms with Crippen molar-refractivity contribution >= 4 is 5.88 Å². The number of rotatable bonds is 13. The number of piperidine rings is 1. The van der Waals surface area contributed by atoms with Crippen LogP contribution in [-0.2, 0) is 16.0 Å². The smallest absolute Gasteiger partial charge is 0.232 e. The predicted molar refractivity (Wildman–Crippen MR) is 122 cm³/mol. The highest BCUT2D eigenvalue weighted by atomic mass is 16.5. The molecule has 0 amide bonds. The summed E-state index contributed by atoms with van der Waals surface area (Å²) >= 11 is 0. The molecule has 0 spiro atoms. The Morgan fingerprint density at radius 1 is 1.26 bits per heavy atom. The minimum atomic E-state index is -0.602. The summed E-state index contributed by atoms with van der Waals surface area (Å²) in [6.07, 6.45) is 4.66. The van der Waals surface area contributed by atoms with Gasteiger partial charge in [0.1, 0.15) is 5.69 Å². The Balaban J connectivity index is 1.83. The molecule has 1 aliphatic rings. The van der Waals surface area contributed by atoms with Crippen LogP contribution in [0.2, 0.25) is 0 Å². The lowest BCUT2D eigenvalue weighted by Crippen LogP contribution is -2.37. The molecule has 0 radical (unpaired) electrons. The van der Waals surface area contributed by atoms with Crippen molar-refractivity contribution in [2.45, 2.75) is 31.9 Å². The fraction of sp³-hybridized carbons (Fsp3) is 0.542. The fourth-order valence-corrected chi connectivity index (χ4v) is 3.93. The van der Waals surface area contributed by atoms with Crippen molar-refractivity contribution in [2.75, 3.05) is 58.0 Å². The van der Waals surface area contributed by atoms with Crippen LogP contribution in [0.25, 0.3) is 11.3 Å². The van der Waals surface area contributed by atoms with E-state index in [1.54, 1.807) is 13.2 Å². The van der Waals surface area contributed by atoms with Gasteiger partial charge in [0.25, 0.3) is 0 Å². The SMILES string of the molecule is C=CCOC[C@H](O)CN(CCOC)Cc1c(-c2ccccc2)noc1N1CCCCC1. The van der Waals surface area contributed by atoms with E-state index in [0.717, 1.165) is 48.6 Å². The van der Waals surface area contributed by atoms with E-state index >= 15 is 0 Å². The molecular weight excluding hydrogens is 394 g/mol. The third kappa shape index (κ3) is 6.90. The van der Waals surface area contributed by atoms with Crippen molar-refractivity contribution in [3.05, 3.63) is 48.6 Å². The van der Waals surface area contributed by atoms with Crippen LogP contribution in [0.4, 0.5) is 5.88 Å². The molecule has 1 fully saturated rings. The molecule has 1 N–H and O–H groups in total. The number of hydrogen-bond acceptors (Lipinski definition) is 7. The lowest BCUT2D eigenvalue weighted by Gasteiger charge is -2.29. The number of aliphatic hydroxyl groups is 1. The minimum absolute atomic E-state index is 0.268. The first-order valence-corrected chi connectivity index (χ1v) is 11.1. The lowest BCUT2D eigenvalue weighted by atomic mass is 10.1. The van der Waals surface area contributed by atoms with Gasteiger partial charge in [0.05, 0.1) is 31.5 Å². The van der Waals surface area contributed by atoms with Crippen LogP contribution in [0.15, 0.2) is 47.5 Å². The summed E-state index contributed by atoms with van der Waals surface area (Å²) in [4.78, 5) is 4.48. The van der Waals surface area contributed by atoms with Gasteiger partial charge in [-0.3, -0.25) is 4.90 Å². The van der Waals surface area contributed by atoms with E-state index in [2.05, 4.69) is 33.7 Å². The van der Waals surface area contributed by atoms with E-state index in [4.69, 9.17) is 14.0 Å². The van der Waals surface area contributed by atoms with Gasteiger partial charge in [-0.05, 0) is 19.3 Å². The average Bonchev–Trinajstić information content (AvgIpc) is 3.22. The first-order valence-electron chi connectivity index (χ1n) is 11.1. The highest BCUT2D eigenvalue weighted by Gasteiger charge is 2.26. The molecule has 2 heterocycles. The Bertz CT molecular complexity index is 774. The van der Waals surface area contributed by atoms with Crippen LogP contribution in [0, 0.1) is 0 Å². The van der Waals surface area contributed by atoms with Gasteiger partial charge in [-0.2, -0.15) is 0 Å². The zero-order valence-electron chi connectivity index (χ0n) is 18.5. The van der Waals surface area contributed by atoms with Gasteiger partial charge in [-0.1, -0.05) is 41.6 Å². The summed E-state index contributed by atoms with van der Waals surface area (Å²) in [6, 6.07) is 10.1. The Labute approximate surface area is 185 Å². The number of ether oxygens (including phenoxy) is 2. The van der Waals surface area contributed by atoms with Crippen LogP contribution in [0.1, 0.15) is 24.8 Å². The monoisotopic (exact) mass is 429 g/mol. The minimum Gasteiger partial charge on any atom is -0.389 e. The van der Waals surface area contributed by atoms with Gasteiger partial charge >= 0.3 is 0 Å². The quantitative estimate of drug-likeness (QED) is 0.387. The Morgan fingerprint density at radius 3 is 2.74 bits per heavy atom. The molecule has 170 valence electrons. The molecule has 1 atom stereocenters. The van der Waals surface area contributed by atoms with Crippen LogP contribution in [-0.4, -0.2) is 74.4 Å². The first-order chi connectivity index (χ1) is 15.2. The average molecular weight is 430 g/mol. The topological polar surface area (TPSA) is 71.2 Å². The number of hydrogen-bond donors (Lipinski definition) is 1. The lowest BCUT2D eigenvalue weighted by molar-refractivity contribution is 0.0194. The molecule has 1 aliphatic heterocycles. The second kappa shape index (κ2) is 12.6. The van der Waals surface area contributed by atoms with Gasteiger partial charge in [0.15, 0.2) is 0 Å². The Morgan fingerprint density at radius 2 is 2.03 bits per heavy atom. The summed E-state index contributed by atoms with van der Waals surface area (Å²) in [5.41, 5.74) is 2.95. The largest absolute Gasteiger partial charge is 0.389 e. The molecular formula is C24H35N3O4. The summed E-state index contributed by atoms with van der Waals surface area (Å²) in [5, 5.41) is 14.9. The normalized spacial score (nSPS) is 15.4. The van der Waals surface area contributed by atoms with E-state index in [9.17, 15) is 5.11 Å². The van der Waals surface area contributed by atoms with E-state index in [1.807, 2.05) is 18.2 Å². The Hall–Kier alpha value is -2.19. The third-order valence-electron chi connectivity index (χ3n) is 5.47. The standard InChI is InChI=1S/C24H35N3O4/c1-3-15-30-19-21(28)17-26(14-16-29-2)18-22-23(20-10-6-4-7-11-20)25-31-24(22)27-12-8-5-9-13-27/h3-4,6-7,10-11,21,28H,1,5,8-9,12-19H2,2H3/t21-/m1/s1. The fourth-order valence-electron chi connectivity index (χ4n) is 3.93. The second-order valence-electron chi connectivity index (χ2n) is 7.94. The van der Waals surface area contributed by atoms with Crippen LogP contribution in [0.3, 0.4) is 0 Å². The summed E-state index contributed by atoms with van der Waals surface area (Å²) in [5.74, 6) is 0.846. The number of aliphatic hydroxyl groups excluding tert-OH is 1. The number of anilines is 1. The summed E-state index contributed by atoms with van der Waals surface area (Å²) in [6.45, 7) is 8.65. The molecule has 3 rings (SSSR count). The van der Waals surface area contributed by atoms with Gasteiger partial charge in [-0.25, -0.2) is 0 Å². The third-order valence-corrected chi connectivity index (χ3v) is 5.47. The van der Waals surface area contributed by atoms with Crippen LogP contribution in [0.5, 0.6) is 0 Å². The zero-order chi connectivity index (χ0) is 21.9. The molecule has 31 heavy (non-hydrogen) atoms. The molecule has 1 saturated heterocycles. The van der Waals surface area contributed by atoms with Crippen molar-refractivity contribution < 1.29 is 19.1 Å². The molecule has 2 aromatic rings. The van der Waals surface area contributed by atoms with Crippen molar-refractivity contribution in [2.24, 2.45) is 0 Å². The molecule has 0 aliphatic carbocycles. The molecule has 0 bridgehead atoms. The van der Waals surface area contributed by atoms with Gasteiger partial charge < -0.3 is 24.0 Å². The van der Waals surface area contributed by atoms with Crippen molar-refractivity contribution in [1.82, 2.24) is 10.1 Å². The Kier molecular flexibility index (Phi) is 9.55. The maximum atomic E-state index is 10.5. The van der Waals surface area contributed by atoms with Crippen molar-refractivity contribution in [3.63, 3.8) is 0 Å². The van der Waals surface area contributed by atoms with Gasteiger partial charge in [0, 0.05) is 45.4 Å². The van der Waals surface area contributed by atoms with Gasteiger partial charge in [-0.15, -0.1) is 6.58 Å². The maximum Gasteiger partial charge on any atom is 0.232 e. The van der Waals surface area contributed by atoms with E-state index < -0.39 is 6.10 Å². The van der Waals surface area contributed by atoms with Crippen LogP contribution < -0.4 is 4.90 Å². The maximum absolute atomic E-state index is 10.5. The van der Waals surface area contributed by atoms with E-state index in [0.29, 0.717) is 32.8 Å². The van der Waals surface area contributed by atoms with Gasteiger partial charge in [0.2, 0.25) is 5.88 Å². The molecule has 1 aromatic heterocycles. The number of benzene rings is 1. The first kappa shape index (κ1) is 23.5. The highest BCUT2D eigenvalue weighted by Crippen LogP contribution is 2.33. The summed E-state index contributed by atoms with van der Waals surface area (Å²) in [7, 11) is 1.69. The molecule has 0 unspecified atom stereocenters. The number of nitrogens with zero attached hydrogens (tertiary/aromatic N) is 3. The second-order valence-corrected chi connectivity index (χ2v) is 7.94. The van der Waals surface area contributed by atoms with E-state index in [1.165, 1.54) is 6.42 Å². The molecule has 0 saturated carbocycles.